The first-order valence-corrected chi connectivity index (χ1v) is 12.7. The zero-order valence-electron chi connectivity index (χ0n) is 20.2. The Balaban J connectivity index is 1.46. The molecule has 14 nitrogen and oxygen atoms in total. The van der Waals surface area contributed by atoms with Gasteiger partial charge < -0.3 is 15.3 Å². The molecule has 0 aromatic carbocycles. The topological polar surface area (TPSA) is 203 Å². The molecule has 0 radical (unpaired) electrons. The molecule has 3 rings (SSSR count). The molecule has 6 atom stereocenters. The van der Waals surface area contributed by atoms with Crippen molar-refractivity contribution in [2.45, 2.75) is 88.4 Å². The third kappa shape index (κ3) is 7.08. The van der Waals surface area contributed by atoms with Gasteiger partial charge in [-0.3, -0.25) is 35.1 Å². The summed E-state index contributed by atoms with van der Waals surface area (Å²) in [7, 11) is 0. The first-order valence-electron chi connectivity index (χ1n) is 12.7. The molecule has 3 aliphatic rings. The van der Waals surface area contributed by atoms with Gasteiger partial charge >= 0.3 is 5.97 Å². The minimum atomic E-state index is -1.20. The van der Waals surface area contributed by atoms with E-state index in [0.717, 1.165) is 0 Å². The average Bonchev–Trinajstić information content (AvgIpc) is 2.85. The van der Waals surface area contributed by atoms with E-state index in [0.29, 0.717) is 51.4 Å². The number of carbonyl (C=O) groups excluding carboxylic acids is 1. The van der Waals surface area contributed by atoms with Crippen LogP contribution in [0.4, 0.5) is 0 Å². The molecule has 0 aliphatic heterocycles. The van der Waals surface area contributed by atoms with E-state index >= 15 is 0 Å². The lowest BCUT2D eigenvalue weighted by molar-refractivity contribution is -0.540. The van der Waals surface area contributed by atoms with Crippen molar-refractivity contribution in [2.75, 3.05) is 13.2 Å². The third-order valence-corrected chi connectivity index (χ3v) is 8.09. The highest BCUT2D eigenvalue weighted by Crippen LogP contribution is 2.34. The normalized spacial score (nSPS) is 35.0. The van der Waals surface area contributed by atoms with Crippen LogP contribution in [0.25, 0.3) is 0 Å². The van der Waals surface area contributed by atoms with Crippen molar-refractivity contribution >= 4 is 11.9 Å². The summed E-state index contributed by atoms with van der Waals surface area (Å²) in [6, 6.07) is -2.21. The smallest absolute Gasteiger partial charge is 0.307 e. The van der Waals surface area contributed by atoms with Crippen molar-refractivity contribution < 1.29 is 39.5 Å². The molecule has 0 bridgehead atoms. The maximum absolute atomic E-state index is 12.9. The van der Waals surface area contributed by atoms with Crippen LogP contribution in [0, 0.1) is 43.9 Å². The summed E-state index contributed by atoms with van der Waals surface area (Å²) in [5.41, 5.74) is 2.97. The zero-order valence-corrected chi connectivity index (χ0v) is 20.2. The maximum atomic E-state index is 12.9. The highest BCUT2D eigenvalue weighted by molar-refractivity contribution is 5.85. The SMILES string of the molecule is O=C(O)C1CCCC([N+](=O)[O-])C1C(=O)NC1CCC(NOCC2C(COO)CCCC2[N+](=O)[O-])CC1. The van der Waals surface area contributed by atoms with Crippen LogP contribution in [0.1, 0.15) is 64.2 Å². The lowest BCUT2D eigenvalue weighted by Crippen LogP contribution is -2.52. The molecule has 3 aliphatic carbocycles. The van der Waals surface area contributed by atoms with E-state index in [1.807, 2.05) is 0 Å². The number of amides is 1. The Morgan fingerprint density at radius 3 is 2.08 bits per heavy atom. The number of carbonyl (C=O) groups is 2. The number of nitrogens with zero attached hydrogens (tertiary/aromatic N) is 2. The minimum Gasteiger partial charge on any atom is -0.481 e. The van der Waals surface area contributed by atoms with Crippen LogP contribution < -0.4 is 10.8 Å². The predicted molar refractivity (Wildman–Crippen MR) is 123 cm³/mol. The van der Waals surface area contributed by atoms with Gasteiger partial charge in [-0.25, -0.2) is 4.89 Å². The first kappa shape index (κ1) is 28.2. The van der Waals surface area contributed by atoms with Crippen molar-refractivity contribution in [1.29, 1.82) is 0 Å². The molecule has 4 N–H and O–H groups in total. The molecular formula is C22H36N4O10. The minimum absolute atomic E-state index is 0.0181. The average molecular weight is 517 g/mol. The first-order chi connectivity index (χ1) is 17.2. The summed E-state index contributed by atoms with van der Waals surface area (Å²) in [4.78, 5) is 56.5. The van der Waals surface area contributed by atoms with Crippen LogP contribution >= 0.6 is 0 Å². The van der Waals surface area contributed by atoms with Gasteiger partial charge in [0.2, 0.25) is 18.0 Å². The Labute approximate surface area is 208 Å². The third-order valence-electron chi connectivity index (χ3n) is 8.09. The largest absolute Gasteiger partial charge is 0.481 e. The van der Waals surface area contributed by atoms with Gasteiger partial charge in [-0.1, -0.05) is 0 Å². The summed E-state index contributed by atoms with van der Waals surface area (Å²) >= 11 is 0. The molecule has 14 heteroatoms. The van der Waals surface area contributed by atoms with Crippen molar-refractivity contribution in [3.63, 3.8) is 0 Å². The Morgan fingerprint density at radius 2 is 1.47 bits per heavy atom. The summed E-state index contributed by atoms with van der Waals surface area (Å²) in [5, 5.41) is 44.1. The molecule has 204 valence electrons. The molecule has 0 heterocycles. The number of carboxylic acid groups (broad SMARTS) is 1. The van der Waals surface area contributed by atoms with Crippen LogP contribution in [-0.4, -0.2) is 69.5 Å². The molecule has 0 spiro atoms. The van der Waals surface area contributed by atoms with Gasteiger partial charge in [0.15, 0.2) is 0 Å². The molecule has 6 unspecified atom stereocenters. The van der Waals surface area contributed by atoms with E-state index < -0.39 is 46.6 Å². The lowest BCUT2D eigenvalue weighted by Gasteiger charge is -2.34. The monoisotopic (exact) mass is 516 g/mol. The second-order valence-corrected chi connectivity index (χ2v) is 10.2. The van der Waals surface area contributed by atoms with Gasteiger partial charge in [0, 0.05) is 34.8 Å². The van der Waals surface area contributed by atoms with Crippen LogP contribution in [-0.2, 0) is 19.3 Å². The van der Waals surface area contributed by atoms with Crippen LogP contribution in [0.2, 0.25) is 0 Å². The number of hydrogen-bond donors (Lipinski definition) is 4. The van der Waals surface area contributed by atoms with E-state index in [2.05, 4.69) is 15.7 Å². The lowest BCUT2D eigenvalue weighted by atomic mass is 9.75. The standard InChI is InChI=1S/C22H36N4O10/c27-21(20-16(22(28)29)4-2-6-19(20)26(32)33)23-14-7-9-15(10-8-14)24-35-12-17-13(11-36-34)3-1-5-18(17)25(30)31/h13-20,24,34H,1-12H2,(H,23,27)(H,28,29). The van der Waals surface area contributed by atoms with Gasteiger partial charge in [-0.15, -0.1) is 0 Å². The van der Waals surface area contributed by atoms with Crippen molar-refractivity contribution in [1.82, 2.24) is 10.8 Å². The molecule has 0 aromatic heterocycles. The predicted octanol–water partition coefficient (Wildman–Crippen LogP) is 1.63. The van der Waals surface area contributed by atoms with Crippen molar-refractivity contribution in [3.8, 4) is 0 Å². The van der Waals surface area contributed by atoms with Gasteiger partial charge in [0.05, 0.1) is 25.0 Å². The summed E-state index contributed by atoms with van der Waals surface area (Å²) in [6.07, 6.45) is 5.15. The van der Waals surface area contributed by atoms with Gasteiger partial charge in [-0.2, -0.15) is 5.48 Å². The number of rotatable bonds is 11. The van der Waals surface area contributed by atoms with Gasteiger partial charge in [-0.05, 0) is 57.3 Å². The molecule has 1 amide bonds. The Bertz CT molecular complexity index is 767. The van der Waals surface area contributed by atoms with E-state index in [9.17, 15) is 34.9 Å². The van der Waals surface area contributed by atoms with Crippen LogP contribution in [0.5, 0.6) is 0 Å². The van der Waals surface area contributed by atoms with E-state index in [-0.39, 0.29) is 49.0 Å². The van der Waals surface area contributed by atoms with Gasteiger partial charge in [0.1, 0.15) is 5.92 Å². The molecule has 0 saturated heterocycles. The number of nitrogens with one attached hydrogen (secondary N) is 2. The number of aliphatic carboxylic acids is 1. The van der Waals surface area contributed by atoms with Crippen LogP contribution in [0.3, 0.4) is 0 Å². The highest BCUT2D eigenvalue weighted by Gasteiger charge is 2.48. The van der Waals surface area contributed by atoms with Crippen molar-refractivity contribution in [2.24, 2.45) is 23.7 Å². The Hall–Kier alpha value is -2.42. The Morgan fingerprint density at radius 1 is 0.861 bits per heavy atom. The fraction of sp³-hybridized carbons (Fsp3) is 0.909. The fourth-order valence-electron chi connectivity index (χ4n) is 6.10. The van der Waals surface area contributed by atoms with E-state index in [1.54, 1.807) is 0 Å². The number of hydrogen-bond acceptors (Lipinski definition) is 10. The summed E-state index contributed by atoms with van der Waals surface area (Å²) < 4.78 is 0. The van der Waals surface area contributed by atoms with Crippen LogP contribution in [0.15, 0.2) is 0 Å². The Kier molecular flexibility index (Phi) is 10.3. The molecule has 3 fully saturated rings. The number of carboxylic acids is 1. The second-order valence-electron chi connectivity index (χ2n) is 10.2. The molecule has 0 aromatic rings. The van der Waals surface area contributed by atoms with E-state index in [4.69, 9.17) is 10.1 Å². The maximum Gasteiger partial charge on any atom is 0.307 e. The summed E-state index contributed by atoms with van der Waals surface area (Å²) in [6.45, 7) is 0.126. The summed E-state index contributed by atoms with van der Waals surface area (Å²) in [5.74, 6) is -4.58. The van der Waals surface area contributed by atoms with Gasteiger partial charge in [0.25, 0.3) is 0 Å². The van der Waals surface area contributed by atoms with E-state index in [1.165, 1.54) is 0 Å². The number of hydroxylamine groups is 1. The second kappa shape index (κ2) is 13.2. The quantitative estimate of drug-likeness (QED) is 0.176. The highest BCUT2D eigenvalue weighted by atomic mass is 17.1. The van der Waals surface area contributed by atoms with Crippen molar-refractivity contribution in [3.05, 3.63) is 20.2 Å². The number of nitro groups is 2. The molecule has 36 heavy (non-hydrogen) atoms. The fourth-order valence-corrected chi connectivity index (χ4v) is 6.10. The zero-order chi connectivity index (χ0) is 26.2. The molecular weight excluding hydrogens is 480 g/mol. The molecule has 3 saturated carbocycles.